The van der Waals surface area contributed by atoms with Crippen molar-refractivity contribution in [3.63, 3.8) is 0 Å². The fourth-order valence-corrected chi connectivity index (χ4v) is 2.73. The largest absolute Gasteiger partial charge is 0.351 e. The summed E-state index contributed by atoms with van der Waals surface area (Å²) in [5, 5.41) is 15.2. The molecule has 27 heavy (non-hydrogen) atoms. The number of tetrazole rings is 1. The number of amides is 3. The van der Waals surface area contributed by atoms with Crippen molar-refractivity contribution in [2.24, 2.45) is 0 Å². The Morgan fingerprint density at radius 1 is 1.04 bits per heavy atom. The van der Waals surface area contributed by atoms with Crippen LogP contribution in [-0.2, 0) is 4.79 Å². The first-order chi connectivity index (χ1) is 13.1. The van der Waals surface area contributed by atoms with E-state index in [4.69, 9.17) is 0 Å². The Hall–Kier alpha value is -3.60. The van der Waals surface area contributed by atoms with Gasteiger partial charge in [-0.15, -0.1) is 16.4 Å². The number of nitrogens with one attached hydrogen (secondary N) is 3. The summed E-state index contributed by atoms with van der Waals surface area (Å²) in [6.07, 6.45) is 1.47. The molecule has 0 atom stereocenters. The third-order valence-electron chi connectivity index (χ3n) is 3.44. The number of hydrogen-bond acceptors (Lipinski definition) is 7. The van der Waals surface area contributed by atoms with Crippen molar-refractivity contribution in [1.29, 1.82) is 0 Å². The van der Waals surface area contributed by atoms with Gasteiger partial charge in [-0.1, -0.05) is 6.07 Å². The van der Waals surface area contributed by atoms with Crippen LogP contribution in [0.1, 0.15) is 26.5 Å². The Morgan fingerprint density at radius 2 is 1.85 bits per heavy atom. The van der Waals surface area contributed by atoms with Crippen molar-refractivity contribution in [3.8, 4) is 5.69 Å². The van der Waals surface area contributed by atoms with E-state index in [0.29, 0.717) is 16.1 Å². The quantitative estimate of drug-likeness (QED) is 0.523. The van der Waals surface area contributed by atoms with Crippen molar-refractivity contribution < 1.29 is 14.4 Å². The molecule has 0 aliphatic carbocycles. The second-order valence-corrected chi connectivity index (χ2v) is 6.23. The predicted molar refractivity (Wildman–Crippen MR) is 96.0 cm³/mol. The van der Waals surface area contributed by atoms with Gasteiger partial charge in [0.25, 0.3) is 11.8 Å². The lowest BCUT2D eigenvalue weighted by molar-refractivity contribution is -0.121. The van der Waals surface area contributed by atoms with Gasteiger partial charge in [0.15, 0.2) is 0 Å². The predicted octanol–water partition coefficient (Wildman–Crippen LogP) is 0.305. The number of carbonyl (C=O) groups is 3. The molecular weight excluding hydrogens is 370 g/mol. The Kier molecular flexibility index (Phi) is 5.84. The van der Waals surface area contributed by atoms with Crippen LogP contribution in [0.3, 0.4) is 0 Å². The normalized spacial score (nSPS) is 10.2. The summed E-state index contributed by atoms with van der Waals surface area (Å²) in [5.74, 6) is -1.11. The molecule has 0 unspecified atom stereocenters. The van der Waals surface area contributed by atoms with E-state index in [9.17, 15) is 14.4 Å². The molecule has 1 aromatic carbocycles. The summed E-state index contributed by atoms with van der Waals surface area (Å²) in [5.41, 5.74) is 5.68. The van der Waals surface area contributed by atoms with E-state index in [1.807, 2.05) is 0 Å². The average molecular weight is 385 g/mol. The summed E-state index contributed by atoms with van der Waals surface area (Å²) in [7, 11) is 0. The fourth-order valence-electron chi connectivity index (χ4n) is 2.09. The molecule has 2 aromatic heterocycles. The Morgan fingerprint density at radius 3 is 2.52 bits per heavy atom. The highest BCUT2D eigenvalue weighted by Crippen LogP contribution is 2.08. The van der Waals surface area contributed by atoms with Crippen LogP contribution in [-0.4, -0.2) is 44.5 Å². The molecule has 2 heterocycles. The van der Waals surface area contributed by atoms with Crippen LogP contribution in [0.15, 0.2) is 48.1 Å². The molecule has 0 saturated carbocycles. The molecule has 11 heteroatoms. The smallest absolute Gasteiger partial charge is 0.269 e. The van der Waals surface area contributed by atoms with Gasteiger partial charge >= 0.3 is 0 Å². The van der Waals surface area contributed by atoms with E-state index in [-0.39, 0.29) is 18.9 Å². The van der Waals surface area contributed by atoms with Gasteiger partial charge in [-0.3, -0.25) is 25.2 Å². The Balaban J connectivity index is 1.40. The molecule has 0 aliphatic rings. The molecule has 3 N–H and O–H groups in total. The molecule has 3 amide bonds. The van der Waals surface area contributed by atoms with Crippen molar-refractivity contribution in [2.75, 3.05) is 6.54 Å². The number of thiophene rings is 1. The van der Waals surface area contributed by atoms with Gasteiger partial charge in [-0.25, -0.2) is 4.68 Å². The van der Waals surface area contributed by atoms with Gasteiger partial charge in [0.2, 0.25) is 5.91 Å². The number of aromatic nitrogens is 4. The number of benzene rings is 1. The monoisotopic (exact) mass is 385 g/mol. The maximum Gasteiger partial charge on any atom is 0.269 e. The van der Waals surface area contributed by atoms with Crippen LogP contribution in [0.25, 0.3) is 5.69 Å². The summed E-state index contributed by atoms with van der Waals surface area (Å²) >= 11 is 1.32. The molecule has 0 fully saturated rings. The van der Waals surface area contributed by atoms with E-state index in [0.717, 1.165) is 0 Å². The Labute approximate surface area is 157 Å². The molecule has 3 aromatic rings. The third-order valence-corrected chi connectivity index (χ3v) is 4.31. The zero-order valence-corrected chi connectivity index (χ0v) is 14.8. The van der Waals surface area contributed by atoms with E-state index < -0.39 is 11.8 Å². The summed E-state index contributed by atoms with van der Waals surface area (Å²) < 4.78 is 1.45. The standard InChI is InChI=1S/C16H15N7O3S/c24-14(7-8-17-16(26)13-2-1-9-27-13)19-20-15(25)11-3-5-12(6-4-11)23-10-18-21-22-23/h1-6,9-10H,7-8H2,(H,17,26)(H,19,24)(H,20,25). The van der Waals surface area contributed by atoms with Crippen LogP contribution in [0.2, 0.25) is 0 Å². The van der Waals surface area contributed by atoms with Crippen molar-refractivity contribution >= 4 is 29.1 Å². The summed E-state index contributed by atoms with van der Waals surface area (Å²) in [4.78, 5) is 36.1. The van der Waals surface area contributed by atoms with E-state index in [2.05, 4.69) is 31.7 Å². The van der Waals surface area contributed by atoms with Gasteiger partial charge in [-0.05, 0) is 46.1 Å². The number of nitrogens with zero attached hydrogens (tertiary/aromatic N) is 4. The lowest BCUT2D eigenvalue weighted by Gasteiger charge is -2.08. The number of hydrogen-bond donors (Lipinski definition) is 3. The highest BCUT2D eigenvalue weighted by molar-refractivity contribution is 7.12. The van der Waals surface area contributed by atoms with E-state index >= 15 is 0 Å². The first kappa shape index (κ1) is 18.2. The average Bonchev–Trinajstić information content (AvgIpc) is 3.40. The van der Waals surface area contributed by atoms with Crippen molar-refractivity contribution in [2.45, 2.75) is 6.42 Å². The molecule has 10 nitrogen and oxygen atoms in total. The number of rotatable bonds is 6. The minimum absolute atomic E-state index is 0.0373. The first-order valence-corrected chi connectivity index (χ1v) is 8.76. The van der Waals surface area contributed by atoms with E-state index in [1.165, 1.54) is 22.3 Å². The zero-order chi connectivity index (χ0) is 19.1. The van der Waals surface area contributed by atoms with Crippen molar-refractivity contribution in [1.82, 2.24) is 36.4 Å². The SMILES string of the molecule is O=C(CCNC(=O)c1cccs1)NNC(=O)c1ccc(-n2cnnn2)cc1. The maximum atomic E-state index is 12.0. The van der Waals surface area contributed by atoms with Gasteiger partial charge in [-0.2, -0.15) is 0 Å². The second-order valence-electron chi connectivity index (χ2n) is 5.29. The minimum atomic E-state index is -0.464. The highest BCUT2D eigenvalue weighted by Gasteiger charge is 2.10. The molecular formula is C16H15N7O3S. The summed E-state index contributed by atoms with van der Waals surface area (Å²) in [6.45, 7) is 0.166. The van der Waals surface area contributed by atoms with Crippen LogP contribution < -0.4 is 16.2 Å². The van der Waals surface area contributed by atoms with Gasteiger partial charge < -0.3 is 5.32 Å². The molecule has 0 radical (unpaired) electrons. The van der Waals surface area contributed by atoms with Gasteiger partial charge in [0.05, 0.1) is 10.6 Å². The minimum Gasteiger partial charge on any atom is -0.351 e. The Bertz CT molecular complexity index is 908. The van der Waals surface area contributed by atoms with Crippen LogP contribution in [0, 0.1) is 0 Å². The van der Waals surface area contributed by atoms with Gasteiger partial charge in [0.1, 0.15) is 6.33 Å². The first-order valence-electron chi connectivity index (χ1n) is 7.88. The third kappa shape index (κ3) is 4.95. The topological polar surface area (TPSA) is 131 Å². The van der Waals surface area contributed by atoms with Crippen LogP contribution in [0.4, 0.5) is 0 Å². The zero-order valence-electron chi connectivity index (χ0n) is 14.0. The van der Waals surface area contributed by atoms with Crippen molar-refractivity contribution in [3.05, 3.63) is 58.5 Å². The van der Waals surface area contributed by atoms with E-state index in [1.54, 1.807) is 41.8 Å². The van der Waals surface area contributed by atoms with Crippen LogP contribution >= 0.6 is 11.3 Å². The lowest BCUT2D eigenvalue weighted by Crippen LogP contribution is -2.42. The number of hydrazine groups is 1. The lowest BCUT2D eigenvalue weighted by atomic mass is 10.2. The maximum absolute atomic E-state index is 12.0. The molecule has 0 aliphatic heterocycles. The van der Waals surface area contributed by atoms with Crippen LogP contribution in [0.5, 0.6) is 0 Å². The molecule has 138 valence electrons. The molecule has 0 spiro atoms. The molecule has 3 rings (SSSR count). The van der Waals surface area contributed by atoms with Gasteiger partial charge in [0, 0.05) is 18.5 Å². The number of carbonyl (C=O) groups excluding carboxylic acids is 3. The molecule has 0 saturated heterocycles. The fraction of sp³-hybridized carbons (Fsp3) is 0.125. The second kappa shape index (κ2) is 8.67. The highest BCUT2D eigenvalue weighted by atomic mass is 32.1. The summed E-state index contributed by atoms with van der Waals surface area (Å²) in [6, 6.07) is 9.99. The molecule has 0 bridgehead atoms.